The molecule has 1 N–H and O–H groups in total. The Morgan fingerprint density at radius 2 is 1.26 bits per heavy atom. The lowest BCUT2D eigenvalue weighted by Crippen LogP contribution is -2.26. The normalized spacial score (nSPS) is 12.0. The van der Waals surface area contributed by atoms with E-state index in [1.54, 1.807) is 0 Å². The van der Waals surface area contributed by atoms with Crippen LogP contribution in [0.3, 0.4) is 0 Å². The summed E-state index contributed by atoms with van der Waals surface area (Å²) < 4.78 is 2.52. The first-order valence-corrected chi connectivity index (χ1v) is 17.0. The number of benzene rings is 3. The Kier molecular flexibility index (Phi) is 13.4. The molecule has 43 heavy (non-hydrogen) atoms. The summed E-state index contributed by atoms with van der Waals surface area (Å²) in [5.74, 6) is 1.08. The number of nitrogens with one attached hydrogen (secondary N) is 1. The Labute approximate surface area is 261 Å². The number of nitrogens with zero attached hydrogens (tertiary/aromatic N) is 3. The van der Waals surface area contributed by atoms with Gasteiger partial charge in [-0.05, 0) is 43.4 Å². The molecule has 0 aliphatic carbocycles. The van der Waals surface area contributed by atoms with E-state index in [-0.39, 0.29) is 6.04 Å². The number of rotatable bonds is 19. The molecule has 0 radical (unpaired) electrons. The Hall–Kier alpha value is -3.37. The Morgan fingerprint density at radius 1 is 0.674 bits per heavy atom. The fraction of sp³-hybridized carbons (Fsp3) is 0.462. The molecule has 0 saturated heterocycles. The van der Waals surface area contributed by atoms with Gasteiger partial charge in [-0.3, -0.25) is 0 Å². The fourth-order valence-corrected chi connectivity index (χ4v) is 5.85. The van der Waals surface area contributed by atoms with E-state index in [4.69, 9.17) is 4.98 Å². The van der Waals surface area contributed by atoms with Crippen molar-refractivity contribution in [2.24, 2.45) is 0 Å². The second kappa shape index (κ2) is 17.7. The first-order chi connectivity index (χ1) is 21.2. The van der Waals surface area contributed by atoms with Crippen LogP contribution in [0.2, 0.25) is 0 Å². The van der Waals surface area contributed by atoms with E-state index in [9.17, 15) is 0 Å². The quantitative estimate of drug-likeness (QED) is 0.120. The third kappa shape index (κ3) is 9.06. The zero-order valence-electron chi connectivity index (χ0n) is 27.2. The van der Waals surface area contributed by atoms with Gasteiger partial charge < -0.3 is 14.8 Å². The van der Waals surface area contributed by atoms with Gasteiger partial charge in [0, 0.05) is 49.0 Å². The van der Waals surface area contributed by atoms with Crippen LogP contribution in [0.1, 0.15) is 103 Å². The lowest BCUT2D eigenvalue weighted by atomic mass is 10.0. The summed E-state index contributed by atoms with van der Waals surface area (Å²) >= 11 is 0. The van der Waals surface area contributed by atoms with E-state index in [0.717, 1.165) is 57.0 Å². The zero-order chi connectivity index (χ0) is 30.3. The topological polar surface area (TPSA) is 33.1 Å². The molecule has 1 unspecified atom stereocenters. The number of anilines is 1. The van der Waals surface area contributed by atoms with Crippen LogP contribution in [0.25, 0.3) is 22.6 Å². The highest BCUT2D eigenvalue weighted by Crippen LogP contribution is 2.36. The van der Waals surface area contributed by atoms with Crippen LogP contribution in [0.15, 0.2) is 84.9 Å². The van der Waals surface area contributed by atoms with Crippen molar-refractivity contribution in [1.82, 2.24) is 14.9 Å². The Morgan fingerprint density at radius 3 is 1.84 bits per heavy atom. The minimum atomic E-state index is 0.210. The summed E-state index contributed by atoms with van der Waals surface area (Å²) in [4.78, 5) is 7.95. The minimum Gasteiger partial charge on any atom is -0.372 e. The van der Waals surface area contributed by atoms with Gasteiger partial charge in [0.15, 0.2) is 0 Å². The highest BCUT2D eigenvalue weighted by molar-refractivity contribution is 5.69. The lowest BCUT2D eigenvalue weighted by Gasteiger charge is -2.25. The molecule has 4 rings (SSSR count). The number of imidazole rings is 1. The van der Waals surface area contributed by atoms with Gasteiger partial charge in [-0.15, -0.1) is 0 Å². The van der Waals surface area contributed by atoms with Crippen molar-refractivity contribution in [2.45, 2.75) is 105 Å². The lowest BCUT2D eigenvalue weighted by molar-refractivity contribution is 0.449. The van der Waals surface area contributed by atoms with E-state index in [2.05, 4.69) is 127 Å². The van der Waals surface area contributed by atoms with Gasteiger partial charge in [0.1, 0.15) is 5.82 Å². The molecule has 4 aromatic rings. The average molecular weight is 579 g/mol. The van der Waals surface area contributed by atoms with Crippen LogP contribution < -0.4 is 10.2 Å². The maximum atomic E-state index is 5.38. The summed E-state index contributed by atoms with van der Waals surface area (Å²) in [5.41, 5.74) is 7.50. The Balaban J connectivity index is 1.67. The number of hydrogen-bond donors (Lipinski definition) is 1. The molecule has 1 heterocycles. The molecule has 4 heteroatoms. The first kappa shape index (κ1) is 32.5. The molecular formula is C39H54N4. The maximum Gasteiger partial charge on any atom is 0.140 e. The van der Waals surface area contributed by atoms with Gasteiger partial charge in [-0.1, -0.05) is 133 Å². The van der Waals surface area contributed by atoms with E-state index >= 15 is 0 Å². The highest BCUT2D eigenvalue weighted by atomic mass is 15.1. The molecule has 0 aliphatic heterocycles. The van der Waals surface area contributed by atoms with Crippen LogP contribution in [-0.2, 0) is 13.1 Å². The van der Waals surface area contributed by atoms with Crippen molar-refractivity contribution >= 4 is 5.69 Å². The van der Waals surface area contributed by atoms with Gasteiger partial charge >= 0.3 is 0 Å². The number of aromatic nitrogens is 2. The summed E-state index contributed by atoms with van der Waals surface area (Å²) in [7, 11) is 0. The van der Waals surface area contributed by atoms with E-state index in [1.165, 1.54) is 66.6 Å². The molecule has 0 aliphatic rings. The summed E-state index contributed by atoms with van der Waals surface area (Å²) in [6.45, 7) is 13.2. The smallest absolute Gasteiger partial charge is 0.140 e. The van der Waals surface area contributed by atoms with Crippen molar-refractivity contribution in [3.05, 3.63) is 96.2 Å². The number of hydrogen-bond acceptors (Lipinski definition) is 3. The van der Waals surface area contributed by atoms with Gasteiger partial charge in [0.2, 0.25) is 0 Å². The molecule has 0 spiro atoms. The summed E-state index contributed by atoms with van der Waals surface area (Å²) in [6.07, 6.45) is 10.7. The molecule has 0 bridgehead atoms. The molecule has 1 aromatic heterocycles. The fourth-order valence-electron chi connectivity index (χ4n) is 5.85. The number of unbranched alkanes of at least 4 members (excludes halogenated alkanes) is 4. The van der Waals surface area contributed by atoms with E-state index < -0.39 is 0 Å². The molecule has 0 amide bonds. The van der Waals surface area contributed by atoms with Crippen molar-refractivity contribution in [3.63, 3.8) is 0 Å². The van der Waals surface area contributed by atoms with Crippen LogP contribution in [0, 0.1) is 0 Å². The standard InChI is InChI=1S/C39H54N4/c1-5-9-23-36(40-31-32-24-26-35(27-25-32)42(28-10-6-2)29-11-7-3)38-37(33-19-15-13-16-20-33)41-39(43(38)30-12-8-4)34-21-17-14-18-22-34/h13-22,24-27,36,40H,5-12,23,28-31H2,1-4H3. The van der Waals surface area contributed by atoms with Crippen LogP contribution in [0.4, 0.5) is 5.69 Å². The second-order valence-electron chi connectivity index (χ2n) is 11.8. The maximum absolute atomic E-state index is 5.38. The van der Waals surface area contributed by atoms with Crippen molar-refractivity contribution < 1.29 is 0 Å². The van der Waals surface area contributed by atoms with Crippen LogP contribution >= 0.6 is 0 Å². The monoisotopic (exact) mass is 578 g/mol. The van der Waals surface area contributed by atoms with Crippen molar-refractivity contribution in [3.8, 4) is 22.6 Å². The minimum absolute atomic E-state index is 0.210. The first-order valence-electron chi connectivity index (χ1n) is 17.0. The van der Waals surface area contributed by atoms with Crippen LogP contribution in [0.5, 0.6) is 0 Å². The second-order valence-corrected chi connectivity index (χ2v) is 11.8. The predicted octanol–water partition coefficient (Wildman–Crippen LogP) is 10.4. The van der Waals surface area contributed by atoms with Crippen molar-refractivity contribution in [2.75, 3.05) is 18.0 Å². The van der Waals surface area contributed by atoms with Gasteiger partial charge in [-0.2, -0.15) is 0 Å². The van der Waals surface area contributed by atoms with Gasteiger partial charge in [-0.25, -0.2) is 4.98 Å². The summed E-state index contributed by atoms with van der Waals surface area (Å²) in [5, 5.41) is 4.02. The third-order valence-electron chi connectivity index (χ3n) is 8.41. The van der Waals surface area contributed by atoms with Crippen LogP contribution in [-0.4, -0.2) is 22.6 Å². The van der Waals surface area contributed by atoms with Gasteiger partial charge in [0.25, 0.3) is 0 Å². The molecule has 0 fully saturated rings. The molecule has 0 saturated carbocycles. The molecule has 3 aromatic carbocycles. The molecule has 230 valence electrons. The van der Waals surface area contributed by atoms with E-state index in [0.29, 0.717) is 0 Å². The Bertz CT molecular complexity index is 1300. The predicted molar refractivity (Wildman–Crippen MR) is 186 cm³/mol. The summed E-state index contributed by atoms with van der Waals surface area (Å²) in [6, 6.07) is 31.0. The largest absolute Gasteiger partial charge is 0.372 e. The highest BCUT2D eigenvalue weighted by Gasteiger charge is 2.25. The zero-order valence-corrected chi connectivity index (χ0v) is 27.2. The third-order valence-corrected chi connectivity index (χ3v) is 8.41. The van der Waals surface area contributed by atoms with Crippen molar-refractivity contribution in [1.29, 1.82) is 0 Å². The molecule has 1 atom stereocenters. The molecular weight excluding hydrogens is 524 g/mol. The van der Waals surface area contributed by atoms with E-state index in [1.807, 2.05) is 0 Å². The van der Waals surface area contributed by atoms with Gasteiger partial charge in [0.05, 0.1) is 11.4 Å². The average Bonchev–Trinajstić information content (AvgIpc) is 3.44. The molecule has 4 nitrogen and oxygen atoms in total. The SMILES string of the molecule is CCCCC(NCc1ccc(N(CCCC)CCCC)cc1)c1c(-c2ccccc2)nc(-c2ccccc2)n1CCCC.